The Morgan fingerprint density at radius 1 is 1.22 bits per heavy atom. The molecule has 0 spiro atoms. The van der Waals surface area contributed by atoms with E-state index in [1.807, 2.05) is 0 Å². The lowest BCUT2D eigenvalue weighted by Gasteiger charge is -2.32. The highest BCUT2D eigenvalue weighted by molar-refractivity contribution is 5.94. The van der Waals surface area contributed by atoms with Crippen LogP contribution in [0.3, 0.4) is 0 Å². The maximum Gasteiger partial charge on any atom is 0.343 e. The van der Waals surface area contributed by atoms with Crippen LogP contribution in [0.5, 0.6) is 0 Å². The molecule has 0 bridgehead atoms. The topological polar surface area (TPSA) is 206 Å². The van der Waals surface area contributed by atoms with E-state index in [9.17, 15) is 29.1 Å². The minimum Gasteiger partial charge on any atom is -0.458 e. The third-order valence-corrected chi connectivity index (χ3v) is 10.2. The number of fused-ring (bicyclic) bond motifs is 5. The summed E-state index contributed by atoms with van der Waals surface area (Å²) in [5.41, 5.74) is 12.6. The number of aryl methyl sites for hydroxylation is 1. The highest BCUT2D eigenvalue weighted by atomic mass is 19.1. The summed E-state index contributed by atoms with van der Waals surface area (Å²) >= 11 is 0. The largest absolute Gasteiger partial charge is 0.458 e. The summed E-state index contributed by atoms with van der Waals surface area (Å²) in [6.45, 7) is 8.33. The number of aromatic nitrogens is 2. The van der Waals surface area contributed by atoms with Gasteiger partial charge in [0.15, 0.2) is 5.60 Å². The maximum absolute atomic E-state index is 15.2. The Morgan fingerprint density at radius 2 is 1.94 bits per heavy atom. The zero-order valence-corrected chi connectivity index (χ0v) is 28.1. The second kappa shape index (κ2) is 12.1. The van der Waals surface area contributed by atoms with Gasteiger partial charge in [-0.1, -0.05) is 27.7 Å². The van der Waals surface area contributed by atoms with Crippen LogP contribution in [0.4, 0.5) is 4.39 Å². The molecule has 3 aromatic rings. The molecule has 1 aromatic carbocycles. The van der Waals surface area contributed by atoms with Crippen molar-refractivity contribution in [2.24, 2.45) is 16.9 Å². The number of cyclic esters (lactones) is 1. The number of pyridine rings is 2. The van der Waals surface area contributed by atoms with Gasteiger partial charge in [0.1, 0.15) is 18.5 Å². The molecule has 2 aliphatic heterocycles. The van der Waals surface area contributed by atoms with Crippen LogP contribution in [0.25, 0.3) is 22.3 Å². The number of carbonyl (C=O) groups excluding carboxylic acids is 4. The van der Waals surface area contributed by atoms with Gasteiger partial charge in [0.05, 0.1) is 35.1 Å². The summed E-state index contributed by atoms with van der Waals surface area (Å²) in [5.74, 6) is -3.74. The number of esters is 3. The van der Waals surface area contributed by atoms with Gasteiger partial charge in [0, 0.05) is 35.0 Å². The molecule has 260 valence electrons. The first-order valence-corrected chi connectivity index (χ1v) is 16.3. The highest BCUT2D eigenvalue weighted by Gasteiger charge is 2.46. The standard InChI is InChI=1S/C35H40FN5O8/c1-6-35(47)19-11-24-28-17(13-41(24)31(44)18(19)14-48-33(35)46)27-21(8-7-16-15(2)20(36)12-23(40-28)26(16)27)39-22(30(38)43)9-10-25(42)49-32(45)29(37)34(3,4)5/h11-12,21-22,29,39,47H,6-10,13-14,37H2,1-5H3,(H2,38,43)/t21-,22-,29?,35-/m0/s1. The average molecular weight is 678 g/mol. The van der Waals surface area contributed by atoms with Crippen molar-refractivity contribution in [3.8, 4) is 11.4 Å². The molecular weight excluding hydrogens is 637 g/mol. The molecule has 6 rings (SSSR count). The number of ether oxygens (including phenoxy) is 2. The van der Waals surface area contributed by atoms with Crippen molar-refractivity contribution in [2.45, 2.75) is 104 Å². The molecule has 4 atom stereocenters. The van der Waals surface area contributed by atoms with Crippen LogP contribution in [-0.2, 0) is 53.8 Å². The second-order valence-electron chi connectivity index (χ2n) is 14.2. The van der Waals surface area contributed by atoms with E-state index in [0.717, 1.165) is 5.56 Å². The normalized spacial score (nSPS) is 20.6. The number of halogens is 1. The molecule has 0 fully saturated rings. The molecule has 1 unspecified atom stereocenters. The fourth-order valence-corrected chi connectivity index (χ4v) is 7.11. The van der Waals surface area contributed by atoms with Gasteiger partial charge in [0.25, 0.3) is 5.56 Å². The fraction of sp³-hybridized carbons (Fsp3) is 0.486. The average Bonchev–Trinajstić information content (AvgIpc) is 3.41. The minimum absolute atomic E-state index is 0.0234. The van der Waals surface area contributed by atoms with E-state index >= 15 is 4.39 Å². The lowest BCUT2D eigenvalue weighted by Crippen LogP contribution is -2.45. The molecule has 2 aromatic heterocycles. The number of carbonyl (C=O) groups is 4. The maximum atomic E-state index is 15.2. The molecule has 1 amide bonds. The predicted molar refractivity (Wildman–Crippen MR) is 174 cm³/mol. The Labute approximate surface area is 281 Å². The van der Waals surface area contributed by atoms with Crippen LogP contribution in [-0.4, -0.2) is 50.6 Å². The first kappa shape index (κ1) is 34.3. The van der Waals surface area contributed by atoms with E-state index in [-0.39, 0.29) is 43.5 Å². The van der Waals surface area contributed by atoms with E-state index in [0.29, 0.717) is 51.8 Å². The second-order valence-corrected chi connectivity index (χ2v) is 14.2. The lowest BCUT2D eigenvalue weighted by atomic mass is 9.81. The molecule has 0 radical (unpaired) electrons. The molecule has 13 nitrogen and oxygen atoms in total. The van der Waals surface area contributed by atoms with Gasteiger partial charge in [-0.05, 0) is 60.8 Å². The highest BCUT2D eigenvalue weighted by Crippen LogP contribution is 2.46. The van der Waals surface area contributed by atoms with Crippen molar-refractivity contribution in [1.82, 2.24) is 14.9 Å². The molecule has 6 N–H and O–H groups in total. The Bertz CT molecular complexity index is 2020. The summed E-state index contributed by atoms with van der Waals surface area (Å²) < 4.78 is 26.9. The van der Waals surface area contributed by atoms with E-state index in [2.05, 4.69) is 5.32 Å². The molecule has 1 aliphatic carbocycles. The van der Waals surface area contributed by atoms with Crippen molar-refractivity contribution in [2.75, 3.05) is 0 Å². The smallest absolute Gasteiger partial charge is 0.343 e. The molecular formula is C35H40FN5O8. The predicted octanol–water partition coefficient (Wildman–Crippen LogP) is 2.18. The molecule has 3 aliphatic rings. The Kier molecular flexibility index (Phi) is 8.49. The summed E-state index contributed by atoms with van der Waals surface area (Å²) in [5, 5.41) is 15.3. The van der Waals surface area contributed by atoms with Crippen molar-refractivity contribution in [3.63, 3.8) is 0 Å². The van der Waals surface area contributed by atoms with Gasteiger partial charge in [-0.15, -0.1) is 0 Å². The van der Waals surface area contributed by atoms with Crippen molar-refractivity contribution < 1.29 is 38.1 Å². The van der Waals surface area contributed by atoms with E-state index < -0.39 is 64.3 Å². The molecule has 49 heavy (non-hydrogen) atoms. The molecule has 14 heteroatoms. The molecule has 0 saturated heterocycles. The van der Waals surface area contributed by atoms with E-state index in [1.54, 1.807) is 40.7 Å². The number of nitrogens with zero attached hydrogens (tertiary/aromatic N) is 2. The first-order valence-electron chi connectivity index (χ1n) is 16.3. The Balaban J connectivity index is 1.39. The summed E-state index contributed by atoms with van der Waals surface area (Å²) in [6, 6.07) is 0.337. The zero-order chi connectivity index (χ0) is 35.7. The molecule has 0 saturated carbocycles. The van der Waals surface area contributed by atoms with Crippen LogP contribution in [0.2, 0.25) is 0 Å². The number of rotatable bonds is 8. The van der Waals surface area contributed by atoms with Gasteiger partial charge < -0.3 is 30.6 Å². The van der Waals surface area contributed by atoms with Gasteiger partial charge in [-0.2, -0.15) is 0 Å². The number of primary amides is 1. The van der Waals surface area contributed by atoms with Gasteiger partial charge in [-0.3, -0.25) is 19.7 Å². The number of nitrogens with one attached hydrogen (secondary N) is 1. The SMILES string of the molecule is CC[C@@]1(O)C(=O)OCc2c1cc1n(c2=O)Cc2c-1nc1cc(F)c(C)c3c1c2[C@@H](N[C@@H](CCC(=O)OC(=O)C(N)C(C)(C)C)C(N)=O)CC3. The van der Waals surface area contributed by atoms with Crippen LogP contribution in [0, 0.1) is 18.2 Å². The van der Waals surface area contributed by atoms with Crippen molar-refractivity contribution in [3.05, 3.63) is 61.7 Å². The number of benzene rings is 1. The zero-order valence-electron chi connectivity index (χ0n) is 28.1. The Morgan fingerprint density at radius 3 is 2.59 bits per heavy atom. The van der Waals surface area contributed by atoms with Crippen molar-refractivity contribution in [1.29, 1.82) is 0 Å². The third kappa shape index (κ3) is 5.61. The lowest BCUT2D eigenvalue weighted by molar-refractivity contribution is -0.172. The molecule has 4 heterocycles. The fourth-order valence-electron chi connectivity index (χ4n) is 7.11. The van der Waals surface area contributed by atoms with Gasteiger partial charge in [-0.25, -0.2) is 19.0 Å². The first-order chi connectivity index (χ1) is 23.0. The van der Waals surface area contributed by atoms with Crippen molar-refractivity contribution >= 4 is 34.7 Å². The number of aliphatic hydroxyl groups is 1. The summed E-state index contributed by atoms with van der Waals surface area (Å²) in [4.78, 5) is 69.0. The number of amides is 1. The number of hydrogen-bond acceptors (Lipinski definition) is 11. The van der Waals surface area contributed by atoms with E-state index in [1.165, 1.54) is 10.6 Å². The monoisotopic (exact) mass is 677 g/mol. The third-order valence-electron chi connectivity index (χ3n) is 10.2. The van der Waals surface area contributed by atoms with Crippen LogP contribution < -0.4 is 22.3 Å². The summed E-state index contributed by atoms with van der Waals surface area (Å²) in [7, 11) is 0. The van der Waals surface area contributed by atoms with Gasteiger partial charge >= 0.3 is 17.9 Å². The van der Waals surface area contributed by atoms with Crippen LogP contribution in [0.1, 0.15) is 92.8 Å². The quantitative estimate of drug-likeness (QED) is 0.157. The van der Waals surface area contributed by atoms with Crippen LogP contribution in [0.15, 0.2) is 16.9 Å². The number of hydrogen-bond donors (Lipinski definition) is 4. The summed E-state index contributed by atoms with van der Waals surface area (Å²) in [6.07, 6.45) is 0.473. The Hall–Kier alpha value is -4.53. The van der Waals surface area contributed by atoms with Crippen LogP contribution >= 0.6 is 0 Å². The number of nitrogens with two attached hydrogens (primary N) is 2. The van der Waals surface area contributed by atoms with E-state index in [4.69, 9.17) is 25.9 Å². The van der Waals surface area contributed by atoms with Gasteiger partial charge in [0.2, 0.25) is 5.91 Å². The minimum atomic E-state index is -2.02.